The lowest BCUT2D eigenvalue weighted by Crippen LogP contribution is -2.30. The fourth-order valence-corrected chi connectivity index (χ4v) is 3.06. The number of nitrogens with zero attached hydrogens (tertiary/aromatic N) is 3. The van der Waals surface area contributed by atoms with E-state index in [1.165, 1.54) is 0 Å². The molecule has 0 aliphatic carbocycles. The second-order valence-corrected chi connectivity index (χ2v) is 6.21. The van der Waals surface area contributed by atoms with Crippen molar-refractivity contribution >= 4 is 5.82 Å². The van der Waals surface area contributed by atoms with Gasteiger partial charge in [-0.25, -0.2) is 9.97 Å². The van der Waals surface area contributed by atoms with Gasteiger partial charge in [-0.2, -0.15) is 0 Å². The molecule has 3 heterocycles. The smallest absolute Gasteiger partial charge is 0.163 e. The first kappa shape index (κ1) is 15.8. The van der Waals surface area contributed by atoms with Crippen molar-refractivity contribution in [2.24, 2.45) is 5.92 Å². The molecule has 23 heavy (non-hydrogen) atoms. The van der Waals surface area contributed by atoms with Crippen LogP contribution < -0.4 is 16.2 Å². The Morgan fingerprint density at radius 2 is 1.96 bits per heavy atom. The molecule has 0 spiro atoms. The van der Waals surface area contributed by atoms with Crippen molar-refractivity contribution in [1.29, 1.82) is 0 Å². The predicted molar refractivity (Wildman–Crippen MR) is 91.8 cm³/mol. The molecule has 1 aliphatic heterocycles. The quantitative estimate of drug-likeness (QED) is 0.785. The van der Waals surface area contributed by atoms with E-state index in [1.807, 2.05) is 25.1 Å². The summed E-state index contributed by atoms with van der Waals surface area (Å²) in [5.41, 5.74) is 8.48. The summed E-state index contributed by atoms with van der Waals surface area (Å²) in [6, 6.07) is 6.84. The molecule has 0 saturated carbocycles. The molecule has 6 heteroatoms. The third-order valence-electron chi connectivity index (χ3n) is 4.38. The molecule has 2 unspecified atom stereocenters. The number of pyridine rings is 1. The second-order valence-electron chi connectivity index (χ2n) is 6.21. The highest BCUT2D eigenvalue weighted by Gasteiger charge is 2.28. The summed E-state index contributed by atoms with van der Waals surface area (Å²) in [7, 11) is 0. The summed E-state index contributed by atoms with van der Waals surface area (Å²) in [5.74, 6) is 2.20. The van der Waals surface area contributed by atoms with Crippen LogP contribution in [0.1, 0.15) is 26.0 Å². The van der Waals surface area contributed by atoms with E-state index in [1.54, 1.807) is 12.4 Å². The first-order chi connectivity index (χ1) is 11.1. The van der Waals surface area contributed by atoms with Crippen LogP contribution in [0.4, 0.5) is 5.82 Å². The van der Waals surface area contributed by atoms with Crippen LogP contribution in [0, 0.1) is 12.8 Å². The van der Waals surface area contributed by atoms with Crippen LogP contribution in [0.3, 0.4) is 0 Å². The Bertz CT molecular complexity index is 635. The third-order valence-corrected chi connectivity index (χ3v) is 4.38. The topological polar surface area (TPSA) is 74.8 Å². The van der Waals surface area contributed by atoms with Gasteiger partial charge in [0.2, 0.25) is 0 Å². The lowest BCUT2D eigenvalue weighted by Gasteiger charge is -2.18. The van der Waals surface area contributed by atoms with Crippen molar-refractivity contribution in [2.75, 3.05) is 11.9 Å². The van der Waals surface area contributed by atoms with E-state index >= 15 is 0 Å². The van der Waals surface area contributed by atoms with Crippen LogP contribution in [0.15, 0.2) is 30.6 Å². The number of aryl methyl sites for hydroxylation is 1. The average molecular weight is 312 g/mol. The molecule has 0 radical (unpaired) electrons. The van der Waals surface area contributed by atoms with E-state index in [9.17, 15) is 0 Å². The SMILES string of the molecule is Cc1cc(NCCC2C(C)NNC2C)nc(-c2cccnc2)n1. The lowest BCUT2D eigenvalue weighted by molar-refractivity contribution is 0.423. The maximum absolute atomic E-state index is 4.61. The number of nitrogens with one attached hydrogen (secondary N) is 3. The number of aromatic nitrogens is 3. The predicted octanol–water partition coefficient (Wildman–Crippen LogP) is 2.15. The van der Waals surface area contributed by atoms with Gasteiger partial charge in [-0.3, -0.25) is 15.8 Å². The number of hydrogen-bond acceptors (Lipinski definition) is 6. The molecule has 0 bridgehead atoms. The molecule has 1 saturated heterocycles. The largest absolute Gasteiger partial charge is 0.370 e. The summed E-state index contributed by atoms with van der Waals surface area (Å²) in [4.78, 5) is 13.3. The van der Waals surface area contributed by atoms with Crippen molar-refractivity contribution in [1.82, 2.24) is 25.8 Å². The highest BCUT2D eigenvalue weighted by molar-refractivity contribution is 5.56. The first-order valence-corrected chi connectivity index (χ1v) is 8.14. The maximum Gasteiger partial charge on any atom is 0.163 e. The number of hydrazine groups is 1. The van der Waals surface area contributed by atoms with Gasteiger partial charge in [-0.1, -0.05) is 0 Å². The van der Waals surface area contributed by atoms with E-state index in [4.69, 9.17) is 0 Å². The van der Waals surface area contributed by atoms with Crippen LogP contribution in [-0.2, 0) is 0 Å². The fourth-order valence-electron chi connectivity index (χ4n) is 3.06. The molecule has 2 aromatic rings. The molecule has 6 nitrogen and oxygen atoms in total. The summed E-state index contributed by atoms with van der Waals surface area (Å²) >= 11 is 0. The lowest BCUT2D eigenvalue weighted by atomic mass is 9.93. The summed E-state index contributed by atoms with van der Waals surface area (Å²) in [6.07, 6.45) is 4.63. The van der Waals surface area contributed by atoms with Crippen LogP contribution in [-0.4, -0.2) is 33.6 Å². The zero-order chi connectivity index (χ0) is 16.2. The maximum atomic E-state index is 4.61. The second kappa shape index (κ2) is 7.02. The molecule has 2 aromatic heterocycles. The summed E-state index contributed by atoms with van der Waals surface area (Å²) in [5, 5.41) is 3.44. The number of rotatable bonds is 5. The zero-order valence-electron chi connectivity index (χ0n) is 13.9. The molecule has 3 rings (SSSR count). The Balaban J connectivity index is 1.65. The van der Waals surface area contributed by atoms with Crippen LogP contribution in [0.5, 0.6) is 0 Å². The Labute approximate surface area is 137 Å². The average Bonchev–Trinajstić information content (AvgIpc) is 2.87. The van der Waals surface area contributed by atoms with Gasteiger partial charge in [0.05, 0.1) is 0 Å². The minimum atomic E-state index is 0.491. The van der Waals surface area contributed by atoms with Crippen LogP contribution in [0.2, 0.25) is 0 Å². The van der Waals surface area contributed by atoms with Gasteiger partial charge >= 0.3 is 0 Å². The van der Waals surface area contributed by atoms with Crippen molar-refractivity contribution in [2.45, 2.75) is 39.3 Å². The molecule has 2 atom stereocenters. The minimum absolute atomic E-state index is 0.491. The van der Waals surface area contributed by atoms with Gasteiger partial charge in [0.25, 0.3) is 0 Å². The first-order valence-electron chi connectivity index (χ1n) is 8.14. The fraction of sp³-hybridized carbons (Fsp3) is 0.471. The Morgan fingerprint density at radius 3 is 2.65 bits per heavy atom. The standard InChI is InChI=1S/C17H24N6/c1-11-9-16(19-8-6-15-12(2)22-23-13(15)3)21-17(20-11)14-5-4-7-18-10-14/h4-5,7,9-10,12-13,15,22-23H,6,8H2,1-3H3,(H,19,20,21). The van der Waals surface area contributed by atoms with E-state index in [0.717, 1.165) is 30.0 Å². The molecule has 122 valence electrons. The molecule has 0 amide bonds. The molecular formula is C17H24N6. The Hall–Kier alpha value is -2.05. The highest BCUT2D eigenvalue weighted by Crippen LogP contribution is 2.20. The minimum Gasteiger partial charge on any atom is -0.370 e. The van der Waals surface area contributed by atoms with E-state index < -0.39 is 0 Å². The van der Waals surface area contributed by atoms with E-state index in [2.05, 4.69) is 45.0 Å². The van der Waals surface area contributed by atoms with Crippen molar-refractivity contribution in [3.8, 4) is 11.4 Å². The summed E-state index contributed by atoms with van der Waals surface area (Å²) in [6.45, 7) is 7.32. The highest BCUT2D eigenvalue weighted by atomic mass is 15.4. The van der Waals surface area contributed by atoms with Gasteiger partial charge < -0.3 is 5.32 Å². The van der Waals surface area contributed by atoms with E-state index in [0.29, 0.717) is 23.8 Å². The molecular weight excluding hydrogens is 288 g/mol. The third kappa shape index (κ3) is 3.83. The van der Waals surface area contributed by atoms with Crippen LogP contribution in [0.25, 0.3) is 11.4 Å². The summed E-state index contributed by atoms with van der Waals surface area (Å²) < 4.78 is 0. The number of hydrogen-bond donors (Lipinski definition) is 3. The molecule has 3 N–H and O–H groups in total. The monoisotopic (exact) mass is 312 g/mol. The van der Waals surface area contributed by atoms with Gasteiger partial charge in [0.1, 0.15) is 5.82 Å². The normalized spacial score (nSPS) is 23.9. The van der Waals surface area contributed by atoms with Gasteiger partial charge in [-0.05, 0) is 45.2 Å². The van der Waals surface area contributed by atoms with E-state index in [-0.39, 0.29) is 0 Å². The Kier molecular flexibility index (Phi) is 4.83. The van der Waals surface area contributed by atoms with Crippen molar-refractivity contribution in [3.05, 3.63) is 36.3 Å². The zero-order valence-corrected chi connectivity index (χ0v) is 13.9. The van der Waals surface area contributed by atoms with Gasteiger partial charge in [0.15, 0.2) is 5.82 Å². The number of anilines is 1. The molecule has 0 aromatic carbocycles. The molecule has 1 fully saturated rings. The molecule has 1 aliphatic rings. The van der Waals surface area contributed by atoms with Gasteiger partial charge in [-0.15, -0.1) is 0 Å². The Morgan fingerprint density at radius 1 is 1.17 bits per heavy atom. The van der Waals surface area contributed by atoms with Crippen molar-refractivity contribution < 1.29 is 0 Å². The van der Waals surface area contributed by atoms with Crippen molar-refractivity contribution in [3.63, 3.8) is 0 Å². The van der Waals surface area contributed by atoms with Gasteiger partial charge in [0, 0.05) is 48.3 Å². The van der Waals surface area contributed by atoms with Crippen LogP contribution >= 0.6 is 0 Å².